The summed E-state index contributed by atoms with van der Waals surface area (Å²) in [5.41, 5.74) is 1.71. The highest BCUT2D eigenvalue weighted by Crippen LogP contribution is 2.29. The van der Waals surface area contributed by atoms with Crippen molar-refractivity contribution < 1.29 is 19.1 Å². The van der Waals surface area contributed by atoms with Crippen LogP contribution in [0.4, 0.5) is 4.79 Å². The monoisotopic (exact) mass is 346 g/mol. The van der Waals surface area contributed by atoms with E-state index in [2.05, 4.69) is 17.6 Å². The zero-order valence-corrected chi connectivity index (χ0v) is 15.1. The van der Waals surface area contributed by atoms with E-state index in [0.29, 0.717) is 30.2 Å². The van der Waals surface area contributed by atoms with Crippen molar-refractivity contribution in [1.82, 2.24) is 10.6 Å². The summed E-state index contributed by atoms with van der Waals surface area (Å²) >= 11 is 0. The first kappa shape index (κ1) is 18.8. The van der Waals surface area contributed by atoms with E-state index in [9.17, 15) is 9.59 Å². The Morgan fingerprint density at radius 1 is 1.24 bits per heavy atom. The molecule has 136 valence electrons. The lowest BCUT2D eigenvalue weighted by atomic mass is 9.95. The molecule has 0 bridgehead atoms. The number of benzene rings is 1. The SMILES string of the molecule is CCCCCOC(=O)C1=C(C)NC(=O)N[C@@H]1c1cccc(OCC)c1. The van der Waals surface area contributed by atoms with Crippen molar-refractivity contribution in [3.05, 3.63) is 41.1 Å². The van der Waals surface area contributed by atoms with Crippen molar-refractivity contribution in [2.75, 3.05) is 13.2 Å². The van der Waals surface area contributed by atoms with Gasteiger partial charge in [-0.05, 0) is 38.0 Å². The number of rotatable bonds is 8. The van der Waals surface area contributed by atoms with E-state index >= 15 is 0 Å². The molecule has 0 aliphatic carbocycles. The summed E-state index contributed by atoms with van der Waals surface area (Å²) < 4.78 is 10.9. The molecule has 0 saturated heterocycles. The molecule has 6 nitrogen and oxygen atoms in total. The predicted octanol–water partition coefficient (Wildman–Crippen LogP) is 3.45. The predicted molar refractivity (Wildman–Crippen MR) is 95.2 cm³/mol. The van der Waals surface area contributed by atoms with E-state index in [-0.39, 0.29) is 6.03 Å². The van der Waals surface area contributed by atoms with E-state index < -0.39 is 12.0 Å². The minimum atomic E-state index is -0.562. The van der Waals surface area contributed by atoms with E-state index in [1.54, 1.807) is 6.92 Å². The van der Waals surface area contributed by atoms with Gasteiger partial charge in [0.25, 0.3) is 0 Å². The van der Waals surface area contributed by atoms with Crippen molar-refractivity contribution in [2.45, 2.75) is 46.1 Å². The summed E-state index contributed by atoms with van der Waals surface area (Å²) in [5.74, 6) is 0.286. The number of esters is 1. The second-order valence-electron chi connectivity index (χ2n) is 5.92. The molecule has 1 atom stereocenters. The van der Waals surface area contributed by atoms with Crippen LogP contribution in [0.5, 0.6) is 5.75 Å². The first-order valence-corrected chi connectivity index (χ1v) is 8.75. The highest BCUT2D eigenvalue weighted by atomic mass is 16.5. The van der Waals surface area contributed by atoms with Gasteiger partial charge in [0.05, 0.1) is 24.8 Å². The highest BCUT2D eigenvalue weighted by Gasteiger charge is 2.32. The minimum Gasteiger partial charge on any atom is -0.494 e. The molecular formula is C19H26N2O4. The molecule has 0 radical (unpaired) electrons. The number of unbranched alkanes of at least 4 members (excludes halogenated alkanes) is 2. The zero-order valence-electron chi connectivity index (χ0n) is 15.1. The summed E-state index contributed by atoms with van der Waals surface area (Å²) in [6, 6.07) is 6.47. The number of carbonyl (C=O) groups excluding carboxylic acids is 2. The molecule has 0 unspecified atom stereocenters. The van der Waals surface area contributed by atoms with Gasteiger partial charge in [0, 0.05) is 5.70 Å². The van der Waals surface area contributed by atoms with Crippen molar-refractivity contribution in [2.24, 2.45) is 0 Å². The molecule has 2 rings (SSSR count). The van der Waals surface area contributed by atoms with Crippen LogP contribution >= 0.6 is 0 Å². The number of nitrogens with one attached hydrogen (secondary N) is 2. The van der Waals surface area contributed by atoms with Gasteiger partial charge in [0.2, 0.25) is 0 Å². The molecule has 2 amide bonds. The Hall–Kier alpha value is -2.50. The number of allylic oxidation sites excluding steroid dienone is 1. The van der Waals surface area contributed by atoms with Crippen LogP contribution in [0.25, 0.3) is 0 Å². The Kier molecular flexibility index (Phi) is 6.86. The molecule has 2 N–H and O–H groups in total. The van der Waals surface area contributed by atoms with Crippen LogP contribution in [-0.4, -0.2) is 25.2 Å². The summed E-state index contributed by atoms with van der Waals surface area (Å²) in [6.45, 7) is 6.63. The Bertz CT molecular complexity index is 655. The Balaban J connectivity index is 2.24. The topological polar surface area (TPSA) is 76.7 Å². The van der Waals surface area contributed by atoms with Crippen molar-refractivity contribution >= 4 is 12.0 Å². The second-order valence-corrected chi connectivity index (χ2v) is 5.92. The van der Waals surface area contributed by atoms with Gasteiger partial charge < -0.3 is 20.1 Å². The van der Waals surface area contributed by atoms with E-state index in [0.717, 1.165) is 24.8 Å². The molecule has 1 aliphatic rings. The molecule has 1 heterocycles. The van der Waals surface area contributed by atoms with Crippen LogP contribution < -0.4 is 15.4 Å². The number of carbonyl (C=O) groups is 2. The van der Waals surface area contributed by atoms with Gasteiger partial charge in [-0.1, -0.05) is 31.9 Å². The number of hydrogen-bond acceptors (Lipinski definition) is 4. The fraction of sp³-hybridized carbons (Fsp3) is 0.474. The van der Waals surface area contributed by atoms with Crippen LogP contribution in [0.15, 0.2) is 35.5 Å². The van der Waals surface area contributed by atoms with Gasteiger partial charge in [-0.2, -0.15) is 0 Å². The Labute approximate surface area is 148 Å². The molecule has 0 saturated carbocycles. The van der Waals surface area contributed by atoms with Crippen molar-refractivity contribution in [3.63, 3.8) is 0 Å². The van der Waals surface area contributed by atoms with E-state index in [1.165, 1.54) is 0 Å². The van der Waals surface area contributed by atoms with E-state index in [1.807, 2.05) is 31.2 Å². The normalized spacial score (nSPS) is 16.9. The first-order valence-electron chi connectivity index (χ1n) is 8.75. The lowest BCUT2D eigenvalue weighted by Crippen LogP contribution is -2.45. The quantitative estimate of drug-likeness (QED) is 0.558. The summed E-state index contributed by atoms with van der Waals surface area (Å²) in [7, 11) is 0. The van der Waals surface area contributed by atoms with Gasteiger partial charge in [-0.3, -0.25) is 0 Å². The molecule has 0 fully saturated rings. The van der Waals surface area contributed by atoms with Crippen LogP contribution in [-0.2, 0) is 9.53 Å². The van der Waals surface area contributed by atoms with Gasteiger partial charge in [0.1, 0.15) is 5.75 Å². The fourth-order valence-corrected chi connectivity index (χ4v) is 2.76. The number of hydrogen-bond donors (Lipinski definition) is 2. The number of amides is 2. The van der Waals surface area contributed by atoms with E-state index in [4.69, 9.17) is 9.47 Å². The standard InChI is InChI=1S/C19H26N2O4/c1-4-6-7-11-25-18(22)16-13(3)20-19(23)21-17(16)14-9-8-10-15(12-14)24-5-2/h8-10,12,17H,4-7,11H2,1-3H3,(H2,20,21,23)/t17-/m1/s1. The molecular weight excluding hydrogens is 320 g/mol. The third-order valence-corrected chi connectivity index (χ3v) is 3.97. The van der Waals surface area contributed by atoms with Crippen molar-refractivity contribution in [3.8, 4) is 5.75 Å². The molecule has 0 aromatic heterocycles. The molecule has 25 heavy (non-hydrogen) atoms. The largest absolute Gasteiger partial charge is 0.494 e. The summed E-state index contributed by atoms with van der Waals surface area (Å²) in [5, 5.41) is 5.45. The van der Waals surface area contributed by atoms with Gasteiger partial charge in [0.15, 0.2) is 0 Å². The number of urea groups is 1. The maximum atomic E-state index is 12.6. The average Bonchev–Trinajstić information content (AvgIpc) is 2.58. The summed E-state index contributed by atoms with van der Waals surface area (Å²) in [6.07, 6.45) is 2.91. The molecule has 1 aliphatic heterocycles. The van der Waals surface area contributed by atoms with Gasteiger partial charge in [-0.15, -0.1) is 0 Å². The summed E-state index contributed by atoms with van der Waals surface area (Å²) in [4.78, 5) is 24.5. The third kappa shape index (κ3) is 4.98. The third-order valence-electron chi connectivity index (χ3n) is 3.97. The first-order chi connectivity index (χ1) is 12.1. The smallest absolute Gasteiger partial charge is 0.338 e. The number of ether oxygens (including phenoxy) is 2. The lowest BCUT2D eigenvalue weighted by Gasteiger charge is -2.28. The minimum absolute atomic E-state index is 0.341. The van der Waals surface area contributed by atoms with Gasteiger partial charge >= 0.3 is 12.0 Å². The molecule has 1 aromatic carbocycles. The van der Waals surface area contributed by atoms with Crippen molar-refractivity contribution in [1.29, 1.82) is 0 Å². The average molecular weight is 346 g/mol. The maximum Gasteiger partial charge on any atom is 0.338 e. The Morgan fingerprint density at radius 3 is 2.76 bits per heavy atom. The second kappa shape index (κ2) is 9.11. The fourth-order valence-electron chi connectivity index (χ4n) is 2.76. The zero-order chi connectivity index (χ0) is 18.2. The highest BCUT2D eigenvalue weighted by molar-refractivity contribution is 5.95. The molecule has 0 spiro atoms. The van der Waals surface area contributed by atoms with Crippen LogP contribution in [0.2, 0.25) is 0 Å². The van der Waals surface area contributed by atoms with Crippen LogP contribution in [0.1, 0.15) is 51.6 Å². The molecule has 6 heteroatoms. The van der Waals surface area contributed by atoms with Gasteiger partial charge in [-0.25, -0.2) is 9.59 Å². The van der Waals surface area contributed by atoms with Crippen LogP contribution in [0, 0.1) is 0 Å². The van der Waals surface area contributed by atoms with Crippen LogP contribution in [0.3, 0.4) is 0 Å². The molecule has 1 aromatic rings. The lowest BCUT2D eigenvalue weighted by molar-refractivity contribution is -0.139. The maximum absolute atomic E-state index is 12.6. The Morgan fingerprint density at radius 2 is 2.04 bits per heavy atom.